The van der Waals surface area contributed by atoms with E-state index < -0.39 is 0 Å². The van der Waals surface area contributed by atoms with Crippen LogP contribution in [0.3, 0.4) is 0 Å². The Hall–Kier alpha value is -2.21. The summed E-state index contributed by atoms with van der Waals surface area (Å²) in [6, 6.07) is 3.32. The fourth-order valence-corrected chi connectivity index (χ4v) is 1.88. The molecule has 0 unspecified atom stereocenters. The quantitative estimate of drug-likeness (QED) is 0.898. The van der Waals surface area contributed by atoms with E-state index in [2.05, 4.69) is 25.6 Å². The molecular formula is C13H14ClN5O. The van der Waals surface area contributed by atoms with Crippen LogP contribution in [0.2, 0.25) is 5.02 Å². The topological polar surface area (TPSA) is 79.8 Å². The van der Waals surface area contributed by atoms with Crippen molar-refractivity contribution < 1.29 is 4.79 Å². The predicted molar refractivity (Wildman–Crippen MR) is 76.7 cm³/mol. The Morgan fingerprint density at radius 2 is 2.20 bits per heavy atom. The molecule has 2 N–H and O–H groups in total. The molecule has 0 atom stereocenters. The lowest BCUT2D eigenvalue weighted by Gasteiger charge is -2.07. The van der Waals surface area contributed by atoms with Gasteiger partial charge in [-0.3, -0.25) is 4.79 Å². The van der Waals surface area contributed by atoms with E-state index in [1.807, 2.05) is 0 Å². The molecule has 0 fully saturated rings. The number of hydrogen-bond donors (Lipinski definition) is 2. The van der Waals surface area contributed by atoms with Crippen LogP contribution < -0.4 is 10.6 Å². The maximum Gasteiger partial charge on any atom is 0.253 e. The second-order valence-electron chi connectivity index (χ2n) is 4.08. The molecular weight excluding hydrogens is 278 g/mol. The number of aryl methyl sites for hydroxylation is 1. The molecule has 2 heterocycles. The first-order valence-electron chi connectivity index (χ1n) is 6.00. The zero-order chi connectivity index (χ0) is 14.5. The van der Waals surface area contributed by atoms with Crippen LogP contribution in [0, 0.1) is 6.92 Å². The average Bonchev–Trinajstić information content (AvgIpc) is 2.44. The summed E-state index contributed by atoms with van der Waals surface area (Å²) in [5, 5.41) is 5.99. The zero-order valence-electron chi connectivity index (χ0n) is 11.1. The van der Waals surface area contributed by atoms with Crippen molar-refractivity contribution in [3.05, 3.63) is 46.6 Å². The van der Waals surface area contributed by atoms with Gasteiger partial charge in [-0.05, 0) is 19.1 Å². The molecule has 7 heteroatoms. The molecule has 0 radical (unpaired) electrons. The fourth-order valence-electron chi connectivity index (χ4n) is 1.62. The first-order valence-corrected chi connectivity index (χ1v) is 6.38. The number of amides is 1. The standard InChI is InChI=1S/C13H14ClN5O/c1-8-16-4-3-10(19-8)7-18-13(20)9-5-11(14)12(15-2)17-6-9/h3-6H,7H2,1-2H3,(H,15,17)(H,18,20). The first-order chi connectivity index (χ1) is 9.60. The van der Waals surface area contributed by atoms with Gasteiger partial charge in [0, 0.05) is 19.4 Å². The Morgan fingerprint density at radius 3 is 2.85 bits per heavy atom. The van der Waals surface area contributed by atoms with Gasteiger partial charge in [0.05, 0.1) is 22.8 Å². The summed E-state index contributed by atoms with van der Waals surface area (Å²) < 4.78 is 0. The molecule has 0 aliphatic carbocycles. The van der Waals surface area contributed by atoms with Crippen LogP contribution in [-0.2, 0) is 6.54 Å². The van der Waals surface area contributed by atoms with E-state index >= 15 is 0 Å². The molecule has 104 valence electrons. The van der Waals surface area contributed by atoms with Gasteiger partial charge in [0.15, 0.2) is 0 Å². The van der Waals surface area contributed by atoms with Crippen LogP contribution in [0.1, 0.15) is 21.9 Å². The second-order valence-corrected chi connectivity index (χ2v) is 4.49. The van der Waals surface area contributed by atoms with E-state index in [9.17, 15) is 4.79 Å². The van der Waals surface area contributed by atoms with Crippen molar-refractivity contribution in [1.29, 1.82) is 0 Å². The number of carbonyl (C=O) groups excluding carboxylic acids is 1. The molecule has 0 saturated carbocycles. The lowest BCUT2D eigenvalue weighted by molar-refractivity contribution is 0.0950. The normalized spacial score (nSPS) is 10.2. The third-order valence-corrected chi connectivity index (χ3v) is 2.89. The molecule has 2 rings (SSSR count). The van der Waals surface area contributed by atoms with Gasteiger partial charge in [0.2, 0.25) is 0 Å². The van der Waals surface area contributed by atoms with E-state index in [-0.39, 0.29) is 5.91 Å². The van der Waals surface area contributed by atoms with Crippen LogP contribution in [0.15, 0.2) is 24.5 Å². The Kier molecular flexibility index (Phi) is 4.47. The van der Waals surface area contributed by atoms with Crippen LogP contribution in [0.4, 0.5) is 5.82 Å². The fraction of sp³-hybridized carbons (Fsp3) is 0.231. The Bertz CT molecular complexity index is 632. The largest absolute Gasteiger partial charge is 0.372 e. The summed E-state index contributed by atoms with van der Waals surface area (Å²) in [5.74, 6) is 0.952. The monoisotopic (exact) mass is 291 g/mol. The summed E-state index contributed by atoms with van der Waals surface area (Å²) in [7, 11) is 1.71. The Labute approximate surface area is 121 Å². The number of halogens is 1. The highest BCUT2D eigenvalue weighted by Crippen LogP contribution is 2.19. The van der Waals surface area contributed by atoms with Crippen molar-refractivity contribution in [3.8, 4) is 0 Å². The van der Waals surface area contributed by atoms with Crippen molar-refractivity contribution in [1.82, 2.24) is 20.3 Å². The van der Waals surface area contributed by atoms with Crippen LogP contribution in [0.5, 0.6) is 0 Å². The van der Waals surface area contributed by atoms with Gasteiger partial charge in [-0.25, -0.2) is 15.0 Å². The van der Waals surface area contributed by atoms with Crippen LogP contribution >= 0.6 is 11.6 Å². The molecule has 0 saturated heterocycles. The number of hydrogen-bond acceptors (Lipinski definition) is 5. The minimum absolute atomic E-state index is 0.252. The third-order valence-electron chi connectivity index (χ3n) is 2.60. The molecule has 2 aromatic rings. The lowest BCUT2D eigenvalue weighted by atomic mass is 10.2. The highest BCUT2D eigenvalue weighted by atomic mass is 35.5. The van der Waals surface area contributed by atoms with Gasteiger partial charge in [0.1, 0.15) is 11.6 Å². The van der Waals surface area contributed by atoms with E-state index in [4.69, 9.17) is 11.6 Å². The first kappa shape index (κ1) is 14.2. The number of aromatic nitrogens is 3. The van der Waals surface area contributed by atoms with E-state index in [0.29, 0.717) is 28.8 Å². The number of rotatable bonds is 4. The molecule has 0 spiro atoms. The van der Waals surface area contributed by atoms with E-state index in [1.54, 1.807) is 32.3 Å². The minimum Gasteiger partial charge on any atom is -0.372 e. The molecule has 0 bridgehead atoms. The van der Waals surface area contributed by atoms with Crippen LogP contribution in [0.25, 0.3) is 0 Å². The van der Waals surface area contributed by atoms with Gasteiger partial charge in [-0.15, -0.1) is 0 Å². The van der Waals surface area contributed by atoms with E-state index in [1.165, 1.54) is 6.20 Å². The van der Waals surface area contributed by atoms with E-state index in [0.717, 1.165) is 5.69 Å². The molecule has 6 nitrogen and oxygen atoms in total. The SMILES string of the molecule is CNc1ncc(C(=O)NCc2ccnc(C)n2)cc1Cl. The van der Waals surface area contributed by atoms with Crippen molar-refractivity contribution in [3.63, 3.8) is 0 Å². The number of carbonyl (C=O) groups is 1. The summed E-state index contributed by atoms with van der Waals surface area (Å²) in [6.45, 7) is 2.12. The smallest absolute Gasteiger partial charge is 0.253 e. The Balaban J connectivity index is 2.03. The summed E-state index contributed by atoms with van der Waals surface area (Å²) >= 11 is 5.99. The van der Waals surface area contributed by atoms with Gasteiger partial charge in [-0.1, -0.05) is 11.6 Å². The third kappa shape index (κ3) is 3.42. The minimum atomic E-state index is -0.252. The highest BCUT2D eigenvalue weighted by Gasteiger charge is 2.09. The second kappa shape index (κ2) is 6.29. The molecule has 0 aliphatic rings. The van der Waals surface area contributed by atoms with Gasteiger partial charge in [0.25, 0.3) is 5.91 Å². The Morgan fingerprint density at radius 1 is 1.40 bits per heavy atom. The molecule has 20 heavy (non-hydrogen) atoms. The number of pyridine rings is 1. The average molecular weight is 292 g/mol. The number of anilines is 1. The van der Waals surface area contributed by atoms with Gasteiger partial charge < -0.3 is 10.6 Å². The highest BCUT2D eigenvalue weighted by molar-refractivity contribution is 6.33. The molecule has 2 aromatic heterocycles. The van der Waals surface area contributed by atoms with Crippen molar-refractivity contribution in [2.75, 3.05) is 12.4 Å². The zero-order valence-corrected chi connectivity index (χ0v) is 11.9. The number of nitrogens with one attached hydrogen (secondary N) is 2. The molecule has 1 amide bonds. The maximum absolute atomic E-state index is 12.0. The van der Waals surface area contributed by atoms with Crippen molar-refractivity contribution in [2.45, 2.75) is 13.5 Å². The molecule has 0 aromatic carbocycles. The maximum atomic E-state index is 12.0. The molecule has 0 aliphatic heterocycles. The number of nitrogens with zero attached hydrogens (tertiary/aromatic N) is 3. The van der Waals surface area contributed by atoms with Crippen molar-refractivity contribution in [2.24, 2.45) is 0 Å². The van der Waals surface area contributed by atoms with Gasteiger partial charge in [-0.2, -0.15) is 0 Å². The van der Waals surface area contributed by atoms with Crippen LogP contribution in [-0.4, -0.2) is 27.9 Å². The predicted octanol–water partition coefficient (Wildman–Crippen LogP) is 1.81. The summed E-state index contributed by atoms with van der Waals surface area (Å²) in [5.41, 5.74) is 1.15. The summed E-state index contributed by atoms with van der Waals surface area (Å²) in [6.07, 6.45) is 3.13. The summed E-state index contributed by atoms with van der Waals surface area (Å²) in [4.78, 5) is 24.2. The van der Waals surface area contributed by atoms with Crippen molar-refractivity contribution >= 4 is 23.3 Å². The van der Waals surface area contributed by atoms with Gasteiger partial charge >= 0.3 is 0 Å². The lowest BCUT2D eigenvalue weighted by Crippen LogP contribution is -2.23.